The van der Waals surface area contributed by atoms with Gasteiger partial charge in [-0.3, -0.25) is 14.4 Å². The molecule has 210 valence electrons. The van der Waals surface area contributed by atoms with Crippen LogP contribution in [-0.4, -0.2) is 66.4 Å². The lowest BCUT2D eigenvalue weighted by atomic mass is 9.97. The van der Waals surface area contributed by atoms with Crippen LogP contribution in [0.5, 0.6) is 0 Å². The number of nitrogens with one attached hydrogen (secondary N) is 2. The topological polar surface area (TPSA) is 114 Å². The van der Waals surface area contributed by atoms with Crippen molar-refractivity contribution in [2.45, 2.75) is 77.5 Å². The molecule has 0 saturated heterocycles. The summed E-state index contributed by atoms with van der Waals surface area (Å²) in [5, 5.41) is 5.12. The number of hydrogen-bond donors (Lipinski definition) is 3. The average molecular weight is 548 g/mol. The lowest BCUT2D eigenvalue weighted by Gasteiger charge is -2.34. The number of alkyl carbamates (subject to hydrolysis) is 1. The minimum absolute atomic E-state index is 0.0301. The van der Waals surface area contributed by atoms with Crippen LogP contribution in [0.1, 0.15) is 77.0 Å². The molecule has 0 fully saturated rings. The lowest BCUT2D eigenvalue weighted by Crippen LogP contribution is -2.54. The minimum Gasteiger partial charge on any atom is -0.468 e. The Hall–Kier alpha value is -3.19. The fraction of sp³-hybridized carbons (Fsp3) is 0.571. The van der Waals surface area contributed by atoms with E-state index >= 15 is 0 Å². The Morgan fingerprint density at radius 1 is 1.11 bits per heavy atom. The lowest BCUT2D eigenvalue weighted by molar-refractivity contribution is -0.144. The van der Waals surface area contributed by atoms with Gasteiger partial charge in [0.05, 0.1) is 7.11 Å². The number of terminal acetylenes is 1. The molecule has 0 radical (unpaired) electrons. The standard InChI is InChI=1S/C28H41N3O6S/c1-7-9-10-11-14-17-31(26(34)22(19-38)30-27(35)37-28(3,4)5)24(25(33)29-18-23(32)36-6)21-16-13-12-15-20(21)8-2/h2,12-13,15-16,22,24,38H,7,9-11,14,17-19H2,1,3-6H3,(H,29,33)(H,30,35). The predicted octanol–water partition coefficient (Wildman–Crippen LogP) is 3.62. The van der Waals surface area contributed by atoms with Gasteiger partial charge in [-0.2, -0.15) is 12.6 Å². The molecule has 1 aromatic rings. The summed E-state index contributed by atoms with van der Waals surface area (Å²) in [6.45, 7) is 7.09. The van der Waals surface area contributed by atoms with Gasteiger partial charge in [0.25, 0.3) is 0 Å². The Balaban J connectivity index is 3.46. The smallest absolute Gasteiger partial charge is 0.408 e. The van der Waals surface area contributed by atoms with Crippen LogP contribution in [0, 0.1) is 12.3 Å². The Bertz CT molecular complexity index is 986. The summed E-state index contributed by atoms with van der Waals surface area (Å²) in [6, 6.07) is 4.57. The van der Waals surface area contributed by atoms with E-state index in [1.807, 2.05) is 0 Å². The molecule has 10 heteroatoms. The third-order valence-corrected chi connectivity index (χ3v) is 5.93. The molecule has 3 amide bonds. The molecule has 38 heavy (non-hydrogen) atoms. The van der Waals surface area contributed by atoms with E-state index in [4.69, 9.17) is 11.2 Å². The van der Waals surface area contributed by atoms with Crippen molar-refractivity contribution in [2.75, 3.05) is 26.0 Å². The molecule has 0 aliphatic carbocycles. The molecule has 0 aliphatic heterocycles. The summed E-state index contributed by atoms with van der Waals surface area (Å²) in [5.41, 5.74) is 0.0847. The van der Waals surface area contributed by atoms with Gasteiger partial charge in [-0.25, -0.2) is 4.79 Å². The predicted molar refractivity (Wildman–Crippen MR) is 150 cm³/mol. The van der Waals surface area contributed by atoms with Crippen molar-refractivity contribution in [2.24, 2.45) is 0 Å². The highest BCUT2D eigenvalue weighted by atomic mass is 32.1. The van der Waals surface area contributed by atoms with E-state index in [0.29, 0.717) is 17.5 Å². The number of methoxy groups -OCH3 is 1. The number of amides is 3. The SMILES string of the molecule is C#Cc1ccccc1C(C(=O)NCC(=O)OC)N(CCCCCCC)C(=O)C(CS)NC(=O)OC(C)(C)C. The number of rotatable bonds is 14. The summed E-state index contributed by atoms with van der Waals surface area (Å²) in [7, 11) is 1.21. The van der Waals surface area contributed by atoms with Crippen molar-refractivity contribution in [3.8, 4) is 12.3 Å². The maximum atomic E-state index is 13.9. The normalized spacial score (nSPS) is 12.4. The molecular formula is C28H41N3O6S. The van der Waals surface area contributed by atoms with Gasteiger partial charge in [-0.05, 0) is 38.8 Å². The zero-order valence-electron chi connectivity index (χ0n) is 23.0. The molecular weight excluding hydrogens is 506 g/mol. The van der Waals surface area contributed by atoms with Gasteiger partial charge >= 0.3 is 12.1 Å². The average Bonchev–Trinajstić information content (AvgIpc) is 2.88. The zero-order valence-corrected chi connectivity index (χ0v) is 23.9. The van der Waals surface area contributed by atoms with Gasteiger partial charge in [0, 0.05) is 17.9 Å². The number of benzene rings is 1. The molecule has 1 rings (SSSR count). The molecule has 0 spiro atoms. The third kappa shape index (κ3) is 11.1. The van der Waals surface area contributed by atoms with Gasteiger partial charge in [0.2, 0.25) is 11.8 Å². The highest BCUT2D eigenvalue weighted by molar-refractivity contribution is 7.80. The van der Waals surface area contributed by atoms with E-state index < -0.39 is 41.6 Å². The molecule has 2 unspecified atom stereocenters. The van der Waals surface area contributed by atoms with Crippen LogP contribution in [0.15, 0.2) is 24.3 Å². The molecule has 0 bridgehead atoms. The van der Waals surface area contributed by atoms with Crippen LogP contribution in [0.4, 0.5) is 4.79 Å². The number of unbranched alkanes of at least 4 members (excludes halogenated alkanes) is 4. The maximum Gasteiger partial charge on any atom is 0.408 e. The molecule has 9 nitrogen and oxygen atoms in total. The zero-order chi connectivity index (χ0) is 28.7. The van der Waals surface area contributed by atoms with Crippen LogP contribution >= 0.6 is 12.6 Å². The highest BCUT2D eigenvalue weighted by Crippen LogP contribution is 2.26. The van der Waals surface area contributed by atoms with E-state index in [2.05, 4.69) is 40.8 Å². The van der Waals surface area contributed by atoms with Crippen LogP contribution in [0.3, 0.4) is 0 Å². The van der Waals surface area contributed by atoms with Crippen LogP contribution in [0.2, 0.25) is 0 Å². The third-order valence-electron chi connectivity index (χ3n) is 5.56. The fourth-order valence-corrected chi connectivity index (χ4v) is 3.98. The number of carbonyl (C=O) groups is 4. The molecule has 0 saturated carbocycles. The quantitative estimate of drug-likeness (QED) is 0.142. The second kappa shape index (κ2) is 16.6. The molecule has 0 aromatic heterocycles. The van der Waals surface area contributed by atoms with Gasteiger partial charge in [-0.15, -0.1) is 6.42 Å². The summed E-state index contributed by atoms with van der Waals surface area (Å²) in [5.74, 6) is 0.779. The van der Waals surface area contributed by atoms with E-state index in [1.165, 1.54) is 12.0 Å². The van der Waals surface area contributed by atoms with Crippen LogP contribution in [-0.2, 0) is 23.9 Å². The second-order valence-electron chi connectivity index (χ2n) is 9.76. The summed E-state index contributed by atoms with van der Waals surface area (Å²) in [4.78, 5) is 53.0. The summed E-state index contributed by atoms with van der Waals surface area (Å²) >= 11 is 4.29. The fourth-order valence-electron chi connectivity index (χ4n) is 3.73. The van der Waals surface area contributed by atoms with E-state index in [1.54, 1.807) is 45.0 Å². The Kier molecular flexibility index (Phi) is 14.4. The van der Waals surface area contributed by atoms with Gasteiger partial charge in [0.15, 0.2) is 0 Å². The minimum atomic E-state index is -1.16. The number of thiol groups is 1. The maximum absolute atomic E-state index is 13.9. The molecule has 0 aliphatic rings. The second-order valence-corrected chi connectivity index (χ2v) is 10.1. The van der Waals surface area contributed by atoms with Crippen molar-refractivity contribution >= 4 is 36.5 Å². The van der Waals surface area contributed by atoms with Crippen molar-refractivity contribution in [1.29, 1.82) is 0 Å². The monoisotopic (exact) mass is 547 g/mol. The Labute approximate surface area is 231 Å². The molecule has 2 atom stereocenters. The number of hydrogen-bond acceptors (Lipinski definition) is 7. The Morgan fingerprint density at radius 3 is 2.34 bits per heavy atom. The van der Waals surface area contributed by atoms with Crippen molar-refractivity contribution in [3.63, 3.8) is 0 Å². The van der Waals surface area contributed by atoms with Gasteiger partial charge in [0.1, 0.15) is 24.2 Å². The first-order chi connectivity index (χ1) is 18.0. The van der Waals surface area contributed by atoms with E-state index in [9.17, 15) is 19.2 Å². The van der Waals surface area contributed by atoms with Crippen LogP contribution in [0.25, 0.3) is 0 Å². The van der Waals surface area contributed by atoms with E-state index in [-0.39, 0.29) is 18.8 Å². The number of carbonyl (C=O) groups excluding carboxylic acids is 4. The van der Waals surface area contributed by atoms with E-state index in [0.717, 1.165) is 25.7 Å². The first-order valence-electron chi connectivity index (χ1n) is 12.8. The molecule has 2 N–H and O–H groups in total. The van der Waals surface area contributed by atoms with Crippen molar-refractivity contribution in [1.82, 2.24) is 15.5 Å². The molecule has 1 aromatic carbocycles. The number of nitrogens with zero attached hydrogens (tertiary/aromatic N) is 1. The first kappa shape index (κ1) is 32.8. The summed E-state index contributed by atoms with van der Waals surface area (Å²) < 4.78 is 9.96. The molecule has 0 heterocycles. The summed E-state index contributed by atoms with van der Waals surface area (Å²) in [6.07, 6.45) is 9.50. The Morgan fingerprint density at radius 2 is 1.76 bits per heavy atom. The van der Waals surface area contributed by atoms with Gasteiger partial charge in [-0.1, -0.05) is 56.7 Å². The van der Waals surface area contributed by atoms with Crippen molar-refractivity contribution < 1.29 is 28.7 Å². The highest BCUT2D eigenvalue weighted by Gasteiger charge is 2.36. The first-order valence-corrected chi connectivity index (χ1v) is 13.4. The number of esters is 1. The van der Waals surface area contributed by atoms with Crippen molar-refractivity contribution in [3.05, 3.63) is 35.4 Å². The number of ether oxygens (including phenoxy) is 2. The largest absolute Gasteiger partial charge is 0.468 e. The van der Waals surface area contributed by atoms with Crippen LogP contribution < -0.4 is 10.6 Å². The van der Waals surface area contributed by atoms with Gasteiger partial charge < -0.3 is 25.0 Å².